The van der Waals surface area contributed by atoms with Crippen LogP contribution >= 0.6 is 0 Å². The number of nitrogens with one attached hydrogen (secondary N) is 1. The summed E-state index contributed by atoms with van der Waals surface area (Å²) in [5, 5.41) is 37.6. The number of nitrogens with zero attached hydrogens (tertiary/aromatic N) is 3. The van der Waals surface area contributed by atoms with Crippen molar-refractivity contribution in [2.45, 2.75) is 89.2 Å². The van der Waals surface area contributed by atoms with E-state index in [0.29, 0.717) is 6.04 Å². The van der Waals surface area contributed by atoms with Gasteiger partial charge in [0.05, 0.1) is 26.1 Å². The Bertz CT molecular complexity index is 1210. The first-order valence-corrected chi connectivity index (χ1v) is 14.8. The predicted octanol–water partition coefficient (Wildman–Crippen LogP) is 2.98. The molecule has 3 heterocycles. The third kappa shape index (κ3) is 10.8. The van der Waals surface area contributed by atoms with Crippen LogP contribution in [0, 0.1) is 0 Å². The van der Waals surface area contributed by atoms with E-state index in [-0.39, 0.29) is 11.1 Å². The molecule has 0 bridgehead atoms. The Balaban J connectivity index is 0.000000345. The Hall–Kier alpha value is -3.58. The molecule has 0 unspecified atom stereocenters. The number of aromatic nitrogens is 1. The quantitative estimate of drug-likeness (QED) is 0.251. The lowest BCUT2D eigenvalue weighted by molar-refractivity contribution is -0.170. The van der Waals surface area contributed by atoms with E-state index in [1.165, 1.54) is 16.8 Å². The second-order valence-corrected chi connectivity index (χ2v) is 13.0. The summed E-state index contributed by atoms with van der Waals surface area (Å²) in [5.74, 6) is -5.02. The van der Waals surface area contributed by atoms with Crippen molar-refractivity contribution < 1.29 is 39.5 Å². The van der Waals surface area contributed by atoms with Gasteiger partial charge >= 0.3 is 17.9 Å². The average Bonchev–Trinajstić information content (AvgIpc) is 2.92. The maximum absolute atomic E-state index is 10.3. The lowest BCUT2D eigenvalue weighted by atomic mass is 9.79. The van der Waals surface area contributed by atoms with Crippen LogP contribution in [0.1, 0.15) is 64.5 Å². The van der Waals surface area contributed by atoms with Crippen LogP contribution in [0.3, 0.4) is 0 Å². The molecule has 2 saturated heterocycles. The third-order valence-corrected chi connectivity index (χ3v) is 7.80. The van der Waals surface area contributed by atoms with E-state index in [9.17, 15) is 14.4 Å². The second kappa shape index (κ2) is 14.9. The fourth-order valence-electron chi connectivity index (χ4n) is 6.15. The van der Waals surface area contributed by atoms with Gasteiger partial charge in [-0.3, -0.25) is 19.5 Å². The maximum Gasteiger partial charge on any atom is 0.336 e. The number of anilines is 1. The van der Waals surface area contributed by atoms with Crippen molar-refractivity contribution in [3.63, 3.8) is 0 Å². The lowest BCUT2D eigenvalue weighted by Crippen LogP contribution is -2.62. The number of morpholine rings is 1. The minimum absolute atomic E-state index is 0.128. The molecule has 12 heteroatoms. The smallest absolute Gasteiger partial charge is 0.336 e. The number of rotatable bonds is 11. The highest BCUT2D eigenvalue weighted by Crippen LogP contribution is 2.33. The van der Waals surface area contributed by atoms with E-state index in [1.54, 1.807) is 0 Å². The molecule has 0 atom stereocenters. The Kier molecular flexibility index (Phi) is 11.8. The molecule has 242 valence electrons. The van der Waals surface area contributed by atoms with E-state index in [0.717, 1.165) is 52.2 Å². The molecular weight excluding hydrogens is 568 g/mol. The summed E-state index contributed by atoms with van der Waals surface area (Å²) in [6.45, 7) is 14.9. The van der Waals surface area contributed by atoms with Crippen molar-refractivity contribution >= 4 is 23.6 Å². The van der Waals surface area contributed by atoms with Crippen molar-refractivity contribution in [3.05, 3.63) is 59.9 Å². The number of carboxylic acids is 3. The van der Waals surface area contributed by atoms with Gasteiger partial charge in [-0.05, 0) is 75.9 Å². The number of aliphatic hydroxyl groups is 1. The summed E-state index contributed by atoms with van der Waals surface area (Å²) >= 11 is 0. The number of piperidine rings is 1. The summed E-state index contributed by atoms with van der Waals surface area (Å²) in [6, 6.07) is 14.0. The molecule has 4 rings (SSSR count). The predicted molar refractivity (Wildman–Crippen MR) is 164 cm³/mol. The van der Waals surface area contributed by atoms with Gasteiger partial charge in [0.15, 0.2) is 5.60 Å². The molecule has 2 fully saturated rings. The Morgan fingerprint density at radius 1 is 0.886 bits per heavy atom. The van der Waals surface area contributed by atoms with Crippen molar-refractivity contribution in [1.82, 2.24) is 15.2 Å². The van der Waals surface area contributed by atoms with E-state index in [4.69, 9.17) is 25.2 Å². The zero-order chi connectivity index (χ0) is 32.5. The molecule has 0 radical (unpaired) electrons. The van der Waals surface area contributed by atoms with Crippen molar-refractivity contribution in [3.8, 4) is 0 Å². The molecule has 0 saturated carbocycles. The van der Waals surface area contributed by atoms with Gasteiger partial charge in [-0.1, -0.05) is 12.1 Å². The fourth-order valence-corrected chi connectivity index (χ4v) is 6.15. The van der Waals surface area contributed by atoms with Crippen molar-refractivity contribution in [2.75, 3.05) is 31.2 Å². The van der Waals surface area contributed by atoms with Crippen LogP contribution in [0.25, 0.3) is 0 Å². The monoisotopic (exact) mass is 614 g/mol. The third-order valence-electron chi connectivity index (χ3n) is 7.80. The zero-order valence-corrected chi connectivity index (χ0v) is 26.0. The zero-order valence-electron chi connectivity index (χ0n) is 26.0. The number of aliphatic carboxylic acids is 3. The molecule has 0 amide bonds. The largest absolute Gasteiger partial charge is 0.481 e. The van der Waals surface area contributed by atoms with Gasteiger partial charge < -0.3 is 35.4 Å². The molecule has 1 aromatic heterocycles. The summed E-state index contributed by atoms with van der Waals surface area (Å²) in [7, 11) is 0. The van der Waals surface area contributed by atoms with E-state index in [1.807, 2.05) is 12.4 Å². The van der Waals surface area contributed by atoms with Crippen LogP contribution in [0.5, 0.6) is 0 Å². The van der Waals surface area contributed by atoms with Gasteiger partial charge in [0.2, 0.25) is 0 Å². The van der Waals surface area contributed by atoms with Gasteiger partial charge in [-0.25, -0.2) is 4.79 Å². The van der Waals surface area contributed by atoms with Crippen molar-refractivity contribution in [1.29, 1.82) is 0 Å². The summed E-state index contributed by atoms with van der Waals surface area (Å²) < 4.78 is 5.50. The summed E-state index contributed by atoms with van der Waals surface area (Å²) in [5.41, 5.74) is 1.52. The van der Waals surface area contributed by atoms with E-state index in [2.05, 4.69) is 84.2 Å². The minimum Gasteiger partial charge on any atom is -0.481 e. The number of hydrogen-bond acceptors (Lipinski definition) is 9. The molecule has 2 aromatic rings. The Morgan fingerprint density at radius 3 is 1.82 bits per heavy atom. The maximum atomic E-state index is 10.3. The minimum atomic E-state index is -2.74. The highest BCUT2D eigenvalue weighted by Gasteiger charge is 2.41. The first-order valence-electron chi connectivity index (χ1n) is 14.8. The Morgan fingerprint density at radius 2 is 1.36 bits per heavy atom. The summed E-state index contributed by atoms with van der Waals surface area (Å²) in [4.78, 5) is 39.8. The van der Waals surface area contributed by atoms with Crippen LogP contribution < -0.4 is 10.2 Å². The fraction of sp³-hybridized carbons (Fsp3) is 0.562. The van der Waals surface area contributed by atoms with Crippen LogP contribution in [0.15, 0.2) is 48.8 Å². The number of carbonyl (C=O) groups is 3. The molecule has 5 N–H and O–H groups in total. The normalized spacial score (nSPS) is 18.3. The van der Waals surface area contributed by atoms with Gasteiger partial charge in [-0.2, -0.15) is 0 Å². The van der Waals surface area contributed by atoms with E-state index < -0.39 is 36.4 Å². The topological polar surface area (TPSA) is 173 Å². The first-order chi connectivity index (χ1) is 20.6. The molecular formula is C32H46N4O8. The second-order valence-electron chi connectivity index (χ2n) is 13.0. The van der Waals surface area contributed by atoms with Gasteiger partial charge in [-0.15, -0.1) is 0 Å². The molecule has 1 aromatic carbocycles. The van der Waals surface area contributed by atoms with Crippen LogP contribution in [0.4, 0.5) is 5.69 Å². The van der Waals surface area contributed by atoms with Crippen LogP contribution in [-0.4, -0.2) is 97.2 Å². The number of pyridine rings is 1. The molecule has 44 heavy (non-hydrogen) atoms. The van der Waals surface area contributed by atoms with Crippen molar-refractivity contribution in [2.24, 2.45) is 0 Å². The number of carboxylic acid groups (broad SMARTS) is 3. The average molecular weight is 615 g/mol. The molecule has 2 aliphatic rings. The highest BCUT2D eigenvalue weighted by molar-refractivity contribution is 5.88. The first kappa shape index (κ1) is 34.9. The lowest BCUT2D eigenvalue weighted by Gasteiger charge is -2.49. The molecule has 2 aliphatic heterocycles. The SMILES string of the molecule is CC1(C)CC(N(Cc2ccncc2)Cc2ccc(N3CCOCC3)cc2)CC(C)(C)N1.O=C(O)CC(O)(CC(=O)O)C(=O)O. The Labute approximate surface area is 258 Å². The van der Waals surface area contributed by atoms with Gasteiger partial charge in [0.25, 0.3) is 0 Å². The van der Waals surface area contributed by atoms with E-state index >= 15 is 0 Å². The van der Waals surface area contributed by atoms with Crippen LogP contribution in [0.2, 0.25) is 0 Å². The molecule has 0 spiro atoms. The molecule has 12 nitrogen and oxygen atoms in total. The number of hydrogen-bond donors (Lipinski definition) is 5. The highest BCUT2D eigenvalue weighted by atomic mass is 16.5. The van der Waals surface area contributed by atoms with Gasteiger partial charge in [0.1, 0.15) is 0 Å². The summed E-state index contributed by atoms with van der Waals surface area (Å²) in [6.07, 6.45) is 3.81. The number of ether oxygens (including phenoxy) is 1. The van der Waals surface area contributed by atoms with Crippen LogP contribution in [-0.2, 0) is 32.2 Å². The number of benzene rings is 1. The van der Waals surface area contributed by atoms with Gasteiger partial charge in [0, 0.05) is 61.4 Å². The molecule has 0 aliphatic carbocycles. The standard InChI is InChI=1S/C26H38N4O.C6H8O7/c1-25(2)17-24(18-26(3,4)28-25)30(20-22-9-11-27-12-10-22)19-21-5-7-23(8-6-21)29-13-15-31-16-14-29;7-3(8)1-6(13,5(11)12)2-4(9)10/h5-12,24,28H,13-20H2,1-4H3;13H,1-2H2,(H,7,8)(H,9,10)(H,11,12).